The van der Waals surface area contributed by atoms with Gasteiger partial charge in [-0.25, -0.2) is 4.39 Å². The van der Waals surface area contributed by atoms with E-state index in [2.05, 4.69) is 15.9 Å². The van der Waals surface area contributed by atoms with Crippen molar-refractivity contribution in [2.45, 2.75) is 6.54 Å². The molecule has 0 spiro atoms. The van der Waals surface area contributed by atoms with Crippen LogP contribution in [0, 0.1) is 5.82 Å². The van der Waals surface area contributed by atoms with E-state index in [4.69, 9.17) is 10.5 Å². The summed E-state index contributed by atoms with van der Waals surface area (Å²) < 4.78 is 19.2. The average molecular weight is 296 g/mol. The zero-order valence-corrected chi connectivity index (χ0v) is 10.6. The Hall–Kier alpha value is -1.39. The number of halogens is 2. The third kappa shape index (κ3) is 3.05. The smallest absolute Gasteiger partial charge is 0.128 e. The molecular weight excluding hydrogens is 285 g/mol. The zero-order chi connectivity index (χ0) is 12.3. The molecule has 0 heterocycles. The summed E-state index contributed by atoms with van der Waals surface area (Å²) in [5.41, 5.74) is 6.57. The van der Waals surface area contributed by atoms with Crippen molar-refractivity contribution in [1.82, 2.24) is 0 Å². The van der Waals surface area contributed by atoms with Gasteiger partial charge < -0.3 is 10.5 Å². The number of ether oxygens (including phenoxy) is 1. The first kappa shape index (κ1) is 12.1. The van der Waals surface area contributed by atoms with E-state index in [1.165, 1.54) is 12.1 Å². The molecule has 0 aliphatic heterocycles. The minimum atomic E-state index is -0.281. The van der Waals surface area contributed by atoms with Crippen LogP contribution in [0.25, 0.3) is 0 Å². The summed E-state index contributed by atoms with van der Waals surface area (Å²) in [5.74, 6) is 0.997. The lowest BCUT2D eigenvalue weighted by Crippen LogP contribution is -1.97. The molecule has 2 nitrogen and oxygen atoms in total. The monoisotopic (exact) mass is 295 g/mol. The molecule has 0 radical (unpaired) electrons. The Balaban J connectivity index is 2.19. The zero-order valence-electron chi connectivity index (χ0n) is 8.99. The second-order valence-corrected chi connectivity index (χ2v) is 4.37. The lowest BCUT2D eigenvalue weighted by Gasteiger charge is -2.08. The van der Waals surface area contributed by atoms with Crippen molar-refractivity contribution in [2.75, 3.05) is 0 Å². The van der Waals surface area contributed by atoms with Crippen molar-refractivity contribution in [3.05, 3.63) is 58.3 Å². The first-order valence-electron chi connectivity index (χ1n) is 5.11. The molecule has 2 rings (SSSR count). The summed E-state index contributed by atoms with van der Waals surface area (Å²) in [4.78, 5) is 0. The predicted molar refractivity (Wildman–Crippen MR) is 68.5 cm³/mol. The van der Waals surface area contributed by atoms with Gasteiger partial charge in [-0.3, -0.25) is 0 Å². The summed E-state index contributed by atoms with van der Waals surface area (Å²) in [5, 5.41) is 0. The Labute approximate surface area is 107 Å². The third-order valence-corrected chi connectivity index (χ3v) is 3.03. The molecule has 88 valence electrons. The fraction of sp³-hybridized carbons (Fsp3) is 0.0769. The Kier molecular flexibility index (Phi) is 3.76. The Morgan fingerprint density at radius 1 is 1.06 bits per heavy atom. The van der Waals surface area contributed by atoms with Crippen LogP contribution >= 0.6 is 15.9 Å². The van der Waals surface area contributed by atoms with Gasteiger partial charge in [-0.2, -0.15) is 0 Å². The van der Waals surface area contributed by atoms with Crippen molar-refractivity contribution in [1.29, 1.82) is 0 Å². The standard InChI is InChI=1S/C13H11BrFNO/c14-13-7-12(4-1-9(13)8-16)17-11-5-2-10(15)3-6-11/h1-7H,8,16H2. The molecule has 0 bridgehead atoms. The summed E-state index contributed by atoms with van der Waals surface area (Å²) in [6, 6.07) is 11.4. The molecule has 0 aromatic heterocycles. The molecule has 2 aromatic rings. The highest BCUT2D eigenvalue weighted by Gasteiger charge is 2.02. The van der Waals surface area contributed by atoms with Gasteiger partial charge in [-0.1, -0.05) is 22.0 Å². The number of benzene rings is 2. The topological polar surface area (TPSA) is 35.2 Å². The third-order valence-electron chi connectivity index (χ3n) is 2.29. The summed E-state index contributed by atoms with van der Waals surface area (Å²) in [6.07, 6.45) is 0. The highest BCUT2D eigenvalue weighted by atomic mass is 79.9. The number of nitrogens with two attached hydrogens (primary N) is 1. The van der Waals surface area contributed by atoms with Crippen molar-refractivity contribution in [3.8, 4) is 11.5 Å². The van der Waals surface area contributed by atoms with Crippen LogP contribution in [0.15, 0.2) is 46.9 Å². The van der Waals surface area contributed by atoms with Gasteiger partial charge in [-0.05, 0) is 42.0 Å². The predicted octanol–water partition coefficient (Wildman–Crippen LogP) is 3.84. The number of hydrogen-bond donors (Lipinski definition) is 1. The van der Waals surface area contributed by atoms with Crippen LogP contribution in [0.2, 0.25) is 0 Å². The van der Waals surface area contributed by atoms with E-state index < -0.39 is 0 Å². The molecule has 0 unspecified atom stereocenters. The van der Waals surface area contributed by atoms with Crippen LogP contribution in [0.4, 0.5) is 4.39 Å². The molecule has 2 N–H and O–H groups in total. The average Bonchev–Trinajstić information content (AvgIpc) is 2.32. The van der Waals surface area contributed by atoms with Gasteiger partial charge in [0.25, 0.3) is 0 Å². The maximum absolute atomic E-state index is 12.7. The SMILES string of the molecule is NCc1ccc(Oc2ccc(F)cc2)cc1Br. The van der Waals surface area contributed by atoms with E-state index in [1.54, 1.807) is 12.1 Å². The lowest BCUT2D eigenvalue weighted by molar-refractivity contribution is 0.480. The summed E-state index contributed by atoms with van der Waals surface area (Å²) in [6.45, 7) is 0.470. The Morgan fingerprint density at radius 2 is 1.71 bits per heavy atom. The van der Waals surface area contributed by atoms with Gasteiger partial charge in [0.15, 0.2) is 0 Å². The van der Waals surface area contributed by atoms with Gasteiger partial charge in [0.2, 0.25) is 0 Å². The molecule has 0 aliphatic carbocycles. The van der Waals surface area contributed by atoms with E-state index in [1.807, 2.05) is 18.2 Å². The largest absolute Gasteiger partial charge is 0.457 e. The van der Waals surface area contributed by atoms with Crippen molar-refractivity contribution in [3.63, 3.8) is 0 Å². The van der Waals surface area contributed by atoms with Gasteiger partial charge in [0.1, 0.15) is 17.3 Å². The Morgan fingerprint density at radius 3 is 2.29 bits per heavy atom. The molecule has 17 heavy (non-hydrogen) atoms. The lowest BCUT2D eigenvalue weighted by atomic mass is 10.2. The van der Waals surface area contributed by atoms with Crippen molar-refractivity contribution in [2.24, 2.45) is 5.73 Å². The molecule has 2 aromatic carbocycles. The molecular formula is C13H11BrFNO. The first-order chi connectivity index (χ1) is 8.19. The van der Waals surface area contributed by atoms with E-state index >= 15 is 0 Å². The minimum Gasteiger partial charge on any atom is -0.457 e. The fourth-order valence-corrected chi connectivity index (χ4v) is 1.92. The molecule has 4 heteroatoms. The molecule has 0 fully saturated rings. The van der Waals surface area contributed by atoms with Crippen LogP contribution in [-0.2, 0) is 6.54 Å². The summed E-state index contributed by atoms with van der Waals surface area (Å²) in [7, 11) is 0. The second kappa shape index (κ2) is 5.29. The highest BCUT2D eigenvalue weighted by Crippen LogP contribution is 2.26. The maximum Gasteiger partial charge on any atom is 0.128 e. The molecule has 0 aliphatic rings. The molecule has 0 saturated heterocycles. The first-order valence-corrected chi connectivity index (χ1v) is 5.90. The van der Waals surface area contributed by atoms with Crippen LogP contribution in [0.1, 0.15) is 5.56 Å². The van der Waals surface area contributed by atoms with Crippen LogP contribution in [0.3, 0.4) is 0 Å². The van der Waals surface area contributed by atoms with Crippen LogP contribution < -0.4 is 10.5 Å². The number of rotatable bonds is 3. The van der Waals surface area contributed by atoms with Crippen LogP contribution in [-0.4, -0.2) is 0 Å². The summed E-state index contributed by atoms with van der Waals surface area (Å²) >= 11 is 3.41. The maximum atomic E-state index is 12.7. The molecule has 0 amide bonds. The second-order valence-electron chi connectivity index (χ2n) is 3.51. The number of hydrogen-bond acceptors (Lipinski definition) is 2. The molecule has 0 saturated carbocycles. The van der Waals surface area contributed by atoms with Gasteiger partial charge in [0, 0.05) is 11.0 Å². The highest BCUT2D eigenvalue weighted by molar-refractivity contribution is 9.10. The molecule has 0 atom stereocenters. The van der Waals surface area contributed by atoms with E-state index in [0.717, 1.165) is 10.0 Å². The minimum absolute atomic E-state index is 0.281. The van der Waals surface area contributed by atoms with Crippen molar-refractivity contribution < 1.29 is 9.13 Å². The van der Waals surface area contributed by atoms with Gasteiger partial charge in [0.05, 0.1) is 0 Å². The quantitative estimate of drug-likeness (QED) is 0.934. The Bertz CT molecular complexity index is 513. The fourth-order valence-electron chi connectivity index (χ4n) is 1.40. The van der Waals surface area contributed by atoms with E-state index in [9.17, 15) is 4.39 Å². The van der Waals surface area contributed by atoms with Crippen LogP contribution in [0.5, 0.6) is 11.5 Å². The van der Waals surface area contributed by atoms with Crippen molar-refractivity contribution >= 4 is 15.9 Å². The van der Waals surface area contributed by atoms with E-state index in [-0.39, 0.29) is 5.82 Å². The van der Waals surface area contributed by atoms with Gasteiger partial charge in [-0.15, -0.1) is 0 Å². The van der Waals surface area contributed by atoms with Gasteiger partial charge >= 0.3 is 0 Å². The van der Waals surface area contributed by atoms with E-state index in [0.29, 0.717) is 18.0 Å². The normalized spacial score (nSPS) is 10.3.